The summed E-state index contributed by atoms with van der Waals surface area (Å²) in [5.74, 6) is 0.180. The molecule has 0 aromatic carbocycles. The van der Waals surface area contributed by atoms with Crippen LogP contribution in [0.15, 0.2) is 6.33 Å². The number of carbonyl (C=O) groups excluding carboxylic acids is 3. The predicted molar refractivity (Wildman–Crippen MR) is 141 cm³/mol. The van der Waals surface area contributed by atoms with Crippen molar-refractivity contribution in [1.82, 2.24) is 29.3 Å². The molecule has 0 radical (unpaired) electrons. The molecule has 0 bridgehead atoms. The number of ether oxygens (including phenoxy) is 2. The number of esters is 1. The fourth-order valence-electron chi connectivity index (χ4n) is 3.47. The molecule has 0 unspecified atom stereocenters. The molecule has 1 N–H and O–H groups in total. The van der Waals surface area contributed by atoms with Crippen LogP contribution in [0.25, 0.3) is 11.2 Å². The highest BCUT2D eigenvalue weighted by Gasteiger charge is 2.24. The van der Waals surface area contributed by atoms with Gasteiger partial charge in [-0.15, -0.1) is 0 Å². The molecule has 206 valence electrons. The molecule has 2 heterocycles. The monoisotopic (exact) mass is 520 g/mol. The van der Waals surface area contributed by atoms with Gasteiger partial charge in [-0.1, -0.05) is 6.92 Å². The van der Waals surface area contributed by atoms with E-state index in [0.717, 1.165) is 13.0 Å². The maximum Gasteiger partial charge on any atom is 0.410 e. The van der Waals surface area contributed by atoms with Crippen molar-refractivity contribution in [2.45, 2.75) is 53.2 Å². The number of rotatable bonds is 12. The number of nitrogens with zero attached hydrogens (tertiary/aromatic N) is 7. The molecular weight excluding hydrogens is 480 g/mol. The van der Waals surface area contributed by atoms with E-state index in [1.54, 1.807) is 46.4 Å². The zero-order valence-corrected chi connectivity index (χ0v) is 23.2. The third-order valence-electron chi connectivity index (χ3n) is 5.28. The van der Waals surface area contributed by atoms with Gasteiger partial charge in [-0.2, -0.15) is 9.97 Å². The highest BCUT2D eigenvalue weighted by Crippen LogP contribution is 2.23. The van der Waals surface area contributed by atoms with Gasteiger partial charge in [0.2, 0.25) is 11.9 Å². The van der Waals surface area contributed by atoms with Gasteiger partial charge in [-0.3, -0.25) is 9.59 Å². The maximum atomic E-state index is 13.3. The van der Waals surface area contributed by atoms with E-state index in [1.165, 1.54) is 16.1 Å². The summed E-state index contributed by atoms with van der Waals surface area (Å²) < 4.78 is 12.0. The molecule has 0 fully saturated rings. The number of hydrogen-bond acceptors (Lipinski definition) is 10. The van der Waals surface area contributed by atoms with E-state index in [2.05, 4.69) is 27.2 Å². The molecule has 2 amide bonds. The topological polar surface area (TPSA) is 135 Å². The number of hydrogen-bond donors (Lipinski definition) is 1. The first-order valence-electron chi connectivity index (χ1n) is 12.4. The number of imidazole rings is 1. The minimum atomic E-state index is -0.646. The Morgan fingerprint density at radius 2 is 1.78 bits per heavy atom. The van der Waals surface area contributed by atoms with Crippen molar-refractivity contribution in [1.29, 1.82) is 0 Å². The standard InChI is InChI=1S/C24H40N8O5/c1-9-11-29(7)20-19-21(28-22(25-6)27-20)32(16-26-19)14-17(33)31(15-18(34)36-10-2)13-12-30(8)23(35)37-24(3,4)5/h16H,9-15H2,1-8H3,(H,25,27,28). The van der Waals surface area contributed by atoms with Crippen molar-refractivity contribution >= 4 is 40.9 Å². The third kappa shape index (κ3) is 8.46. The van der Waals surface area contributed by atoms with Gasteiger partial charge in [0.1, 0.15) is 18.7 Å². The minimum absolute atomic E-state index is 0.108. The number of fused-ring (bicyclic) bond motifs is 1. The summed E-state index contributed by atoms with van der Waals surface area (Å²) >= 11 is 0. The molecule has 0 aliphatic carbocycles. The Bertz CT molecular complexity index is 1080. The number of likely N-dealkylation sites (N-methyl/N-ethyl adjacent to an activating group) is 1. The lowest BCUT2D eigenvalue weighted by molar-refractivity contribution is -0.149. The van der Waals surface area contributed by atoms with Crippen molar-refractivity contribution < 1.29 is 23.9 Å². The maximum absolute atomic E-state index is 13.3. The number of nitrogens with one attached hydrogen (secondary N) is 1. The molecule has 0 saturated heterocycles. The summed E-state index contributed by atoms with van der Waals surface area (Å²) in [7, 11) is 5.23. The van der Waals surface area contributed by atoms with Crippen LogP contribution in [0.5, 0.6) is 0 Å². The summed E-state index contributed by atoms with van der Waals surface area (Å²) in [6.45, 7) is 10.0. The Morgan fingerprint density at radius 1 is 1.08 bits per heavy atom. The lowest BCUT2D eigenvalue weighted by atomic mass is 10.2. The quantitative estimate of drug-likeness (QED) is 0.414. The van der Waals surface area contributed by atoms with Crippen molar-refractivity contribution in [3.8, 4) is 0 Å². The van der Waals surface area contributed by atoms with Crippen LogP contribution in [0, 0.1) is 0 Å². The molecule has 0 aliphatic heterocycles. The fraction of sp³-hybridized carbons (Fsp3) is 0.667. The van der Waals surface area contributed by atoms with Gasteiger partial charge in [0.05, 0.1) is 12.9 Å². The van der Waals surface area contributed by atoms with Gasteiger partial charge >= 0.3 is 12.1 Å². The van der Waals surface area contributed by atoms with Crippen LogP contribution >= 0.6 is 0 Å². The molecule has 37 heavy (non-hydrogen) atoms. The molecular formula is C24H40N8O5. The van der Waals surface area contributed by atoms with Crippen LogP contribution < -0.4 is 10.2 Å². The highest BCUT2D eigenvalue weighted by atomic mass is 16.6. The molecule has 2 rings (SSSR count). The van der Waals surface area contributed by atoms with E-state index in [1.807, 2.05) is 11.9 Å². The van der Waals surface area contributed by atoms with Crippen LogP contribution in [0.4, 0.5) is 16.6 Å². The van der Waals surface area contributed by atoms with Crippen molar-refractivity contribution in [2.24, 2.45) is 0 Å². The minimum Gasteiger partial charge on any atom is -0.465 e. The molecule has 2 aromatic rings. The second-order valence-corrected chi connectivity index (χ2v) is 9.61. The van der Waals surface area contributed by atoms with Gasteiger partial charge in [0, 0.05) is 40.8 Å². The highest BCUT2D eigenvalue weighted by molar-refractivity contribution is 5.87. The molecule has 0 saturated carbocycles. The van der Waals surface area contributed by atoms with Gasteiger partial charge in [0.15, 0.2) is 17.0 Å². The van der Waals surface area contributed by atoms with E-state index in [-0.39, 0.29) is 38.7 Å². The van der Waals surface area contributed by atoms with Gasteiger partial charge in [-0.05, 0) is 34.1 Å². The van der Waals surface area contributed by atoms with Gasteiger partial charge in [-0.25, -0.2) is 9.78 Å². The van der Waals surface area contributed by atoms with E-state index in [4.69, 9.17) is 9.47 Å². The molecule has 13 nitrogen and oxygen atoms in total. The number of anilines is 2. The predicted octanol–water partition coefficient (Wildman–Crippen LogP) is 1.97. The van der Waals surface area contributed by atoms with Crippen LogP contribution in [0.2, 0.25) is 0 Å². The SMILES string of the molecule is CCCN(C)c1nc(NC)nc2c1ncn2CC(=O)N(CCN(C)C(=O)OC(C)(C)C)CC(=O)OCC. The second kappa shape index (κ2) is 13.1. The van der Waals surface area contributed by atoms with Crippen molar-refractivity contribution in [3.05, 3.63) is 6.33 Å². The summed E-state index contributed by atoms with van der Waals surface area (Å²) in [4.78, 5) is 56.1. The Balaban J connectivity index is 2.27. The Morgan fingerprint density at radius 3 is 2.38 bits per heavy atom. The van der Waals surface area contributed by atoms with Gasteiger partial charge < -0.3 is 34.1 Å². The summed E-state index contributed by atoms with van der Waals surface area (Å²) in [5, 5.41) is 2.95. The first-order valence-corrected chi connectivity index (χ1v) is 12.4. The average molecular weight is 521 g/mol. The molecule has 2 aromatic heterocycles. The molecule has 0 spiro atoms. The zero-order valence-electron chi connectivity index (χ0n) is 23.2. The first-order chi connectivity index (χ1) is 17.4. The number of amides is 2. The molecule has 0 aliphatic rings. The van der Waals surface area contributed by atoms with E-state index in [9.17, 15) is 14.4 Å². The Labute approximate surface area is 218 Å². The second-order valence-electron chi connectivity index (χ2n) is 9.61. The normalized spacial score (nSPS) is 11.2. The first kappa shape index (κ1) is 29.6. The summed E-state index contributed by atoms with van der Waals surface area (Å²) in [6.07, 6.45) is 1.95. The smallest absolute Gasteiger partial charge is 0.410 e. The van der Waals surface area contributed by atoms with E-state index in [0.29, 0.717) is 22.9 Å². The van der Waals surface area contributed by atoms with Crippen LogP contribution in [0.1, 0.15) is 41.0 Å². The van der Waals surface area contributed by atoms with Crippen molar-refractivity contribution in [3.63, 3.8) is 0 Å². The van der Waals surface area contributed by atoms with E-state index < -0.39 is 17.7 Å². The number of aromatic nitrogens is 4. The van der Waals surface area contributed by atoms with Gasteiger partial charge in [0.25, 0.3) is 0 Å². The fourth-order valence-corrected chi connectivity index (χ4v) is 3.47. The zero-order chi connectivity index (χ0) is 27.8. The van der Waals surface area contributed by atoms with Crippen LogP contribution in [-0.2, 0) is 25.6 Å². The van der Waals surface area contributed by atoms with E-state index >= 15 is 0 Å². The van der Waals surface area contributed by atoms with Crippen LogP contribution in [0.3, 0.4) is 0 Å². The lowest BCUT2D eigenvalue weighted by Gasteiger charge is -2.27. The molecule has 13 heteroatoms. The summed E-state index contributed by atoms with van der Waals surface area (Å²) in [6, 6.07) is 0. The summed E-state index contributed by atoms with van der Waals surface area (Å²) in [5.41, 5.74) is 0.420. The average Bonchev–Trinajstić information content (AvgIpc) is 3.22. The largest absolute Gasteiger partial charge is 0.465 e. The Kier molecular flexibility index (Phi) is 10.4. The third-order valence-corrected chi connectivity index (χ3v) is 5.28. The lowest BCUT2D eigenvalue weighted by Crippen LogP contribution is -2.44. The van der Waals surface area contributed by atoms with Crippen molar-refractivity contribution in [2.75, 3.05) is 64.1 Å². The van der Waals surface area contributed by atoms with Crippen LogP contribution in [-0.4, -0.2) is 107 Å². The molecule has 0 atom stereocenters. The number of carbonyl (C=O) groups is 3. The Hall–Kier alpha value is -3.64.